The SMILES string of the molecule is CCCCCCCCc1ccc(-c2ccc(C(=O)Oc3ccc(C(=O)Oc4cc(Cl)cc(OC(=O)c5ccc(OC(=O)c6ccc(-c7ccc(CCCCCCCC)cc7)cc6)cc5F)c4)c(F)c3)cc2)cc1. The molecular weight excluding hydrogens is 946 g/mol. The van der Waals surface area contributed by atoms with Gasteiger partial charge in [0.1, 0.15) is 34.6 Å². The first-order chi connectivity index (χ1) is 35.5. The number of benzene rings is 7. The average Bonchev–Trinajstić information content (AvgIpc) is 3.38. The molecule has 0 fully saturated rings. The number of esters is 4. The Kier molecular flexibility index (Phi) is 19.6. The van der Waals surface area contributed by atoms with Crippen molar-refractivity contribution in [2.45, 2.75) is 104 Å². The van der Waals surface area contributed by atoms with Gasteiger partial charge in [-0.3, -0.25) is 0 Å². The van der Waals surface area contributed by atoms with Crippen molar-refractivity contribution in [1.82, 2.24) is 0 Å². The molecule has 7 aromatic carbocycles. The number of aryl methyl sites for hydroxylation is 2. The van der Waals surface area contributed by atoms with Crippen LogP contribution in [0.1, 0.15) is 143 Å². The predicted octanol–water partition coefficient (Wildman–Crippen LogP) is 16.6. The summed E-state index contributed by atoms with van der Waals surface area (Å²) in [6.07, 6.45) is 17.1. The second-order valence-electron chi connectivity index (χ2n) is 18.0. The fourth-order valence-corrected chi connectivity index (χ4v) is 8.52. The van der Waals surface area contributed by atoms with Crippen molar-refractivity contribution in [1.29, 1.82) is 0 Å². The summed E-state index contributed by atoms with van der Waals surface area (Å²) in [4.78, 5) is 52.1. The van der Waals surface area contributed by atoms with Gasteiger partial charge in [0.2, 0.25) is 0 Å². The first-order valence-corrected chi connectivity index (χ1v) is 25.5. The Morgan fingerprint density at radius 2 is 0.699 bits per heavy atom. The molecule has 0 aliphatic carbocycles. The first-order valence-electron chi connectivity index (χ1n) is 25.1. The molecule has 0 atom stereocenters. The molecule has 73 heavy (non-hydrogen) atoms. The fraction of sp³-hybridized carbons (Fsp3) is 0.258. The number of carbonyl (C=O) groups is 4. The summed E-state index contributed by atoms with van der Waals surface area (Å²) in [6, 6.07) is 40.6. The van der Waals surface area contributed by atoms with Crippen LogP contribution in [-0.2, 0) is 12.8 Å². The number of rotatable bonds is 24. The van der Waals surface area contributed by atoms with E-state index in [0.29, 0.717) is 0 Å². The molecule has 0 spiro atoms. The van der Waals surface area contributed by atoms with E-state index in [1.165, 1.54) is 112 Å². The van der Waals surface area contributed by atoms with Crippen LogP contribution in [-0.4, -0.2) is 23.9 Å². The van der Waals surface area contributed by atoms with Crippen molar-refractivity contribution in [2.24, 2.45) is 0 Å². The van der Waals surface area contributed by atoms with Crippen molar-refractivity contribution >= 4 is 35.5 Å². The summed E-state index contributed by atoms with van der Waals surface area (Å²) in [6.45, 7) is 4.44. The first kappa shape index (κ1) is 53.4. The quantitative estimate of drug-likeness (QED) is 0.0335. The van der Waals surface area contributed by atoms with Gasteiger partial charge >= 0.3 is 23.9 Å². The molecule has 7 aromatic rings. The second kappa shape index (κ2) is 26.9. The van der Waals surface area contributed by atoms with E-state index in [-0.39, 0.29) is 39.1 Å². The molecule has 376 valence electrons. The van der Waals surface area contributed by atoms with Crippen LogP contribution in [0.5, 0.6) is 23.0 Å². The smallest absolute Gasteiger partial charge is 0.346 e. The maximum Gasteiger partial charge on any atom is 0.346 e. The molecule has 0 aliphatic rings. The van der Waals surface area contributed by atoms with Crippen LogP contribution >= 0.6 is 11.6 Å². The average molecular weight is 1010 g/mol. The Morgan fingerprint density at radius 1 is 0.370 bits per heavy atom. The third kappa shape index (κ3) is 15.8. The zero-order valence-corrected chi connectivity index (χ0v) is 42.0. The summed E-state index contributed by atoms with van der Waals surface area (Å²) in [7, 11) is 0. The van der Waals surface area contributed by atoms with Crippen LogP contribution in [0.15, 0.2) is 152 Å². The van der Waals surface area contributed by atoms with E-state index in [0.717, 1.165) is 65.4 Å². The summed E-state index contributed by atoms with van der Waals surface area (Å²) in [5.74, 6) is -6.46. The minimum Gasteiger partial charge on any atom is -0.423 e. The van der Waals surface area contributed by atoms with Gasteiger partial charge in [0.05, 0.1) is 22.3 Å². The zero-order valence-electron chi connectivity index (χ0n) is 41.2. The van der Waals surface area contributed by atoms with Gasteiger partial charge in [0.15, 0.2) is 0 Å². The Labute approximate surface area is 431 Å². The number of halogens is 3. The van der Waals surface area contributed by atoms with E-state index in [2.05, 4.69) is 62.4 Å². The molecule has 0 aromatic heterocycles. The lowest BCUT2D eigenvalue weighted by atomic mass is 10.00. The van der Waals surface area contributed by atoms with Gasteiger partial charge in [-0.1, -0.05) is 162 Å². The standard InChI is InChI=1S/C62H59ClF2O8/c1-3-5-7-9-11-13-15-42-17-21-44(22-18-42)46-25-29-48(30-26-46)59(66)70-51-33-35-55(57(64)40-51)61(68)72-53-37-50(63)38-54(39-53)73-62(69)56-36-34-52(41-58(56)65)71-60(67)49-31-27-47(28-32-49)45-23-19-43(20-24-45)16-14-12-10-8-6-4-2/h17-41H,3-16H2,1-2H3. The van der Waals surface area contributed by atoms with Crippen LogP contribution in [0.2, 0.25) is 5.02 Å². The van der Waals surface area contributed by atoms with E-state index in [4.69, 9.17) is 30.5 Å². The molecule has 8 nitrogen and oxygen atoms in total. The van der Waals surface area contributed by atoms with Gasteiger partial charge in [-0.2, -0.15) is 0 Å². The van der Waals surface area contributed by atoms with E-state index < -0.39 is 46.6 Å². The van der Waals surface area contributed by atoms with Crippen LogP contribution in [0.25, 0.3) is 22.3 Å². The Bertz CT molecular complexity index is 2770. The lowest BCUT2D eigenvalue weighted by Crippen LogP contribution is -2.13. The molecule has 0 N–H and O–H groups in total. The van der Waals surface area contributed by atoms with E-state index in [1.54, 1.807) is 24.3 Å². The third-order valence-corrected chi connectivity index (χ3v) is 12.7. The van der Waals surface area contributed by atoms with E-state index in [1.807, 2.05) is 24.3 Å². The Morgan fingerprint density at radius 3 is 1.05 bits per heavy atom. The van der Waals surface area contributed by atoms with Gasteiger partial charge in [-0.25, -0.2) is 28.0 Å². The van der Waals surface area contributed by atoms with Gasteiger partial charge in [0, 0.05) is 23.2 Å². The topological polar surface area (TPSA) is 105 Å². The largest absolute Gasteiger partial charge is 0.423 e. The molecule has 0 bridgehead atoms. The molecule has 0 amide bonds. The summed E-state index contributed by atoms with van der Waals surface area (Å²) >= 11 is 6.23. The highest BCUT2D eigenvalue weighted by molar-refractivity contribution is 6.31. The highest BCUT2D eigenvalue weighted by Gasteiger charge is 2.21. The maximum absolute atomic E-state index is 15.3. The molecular formula is C62H59ClF2O8. The number of unbranched alkanes of at least 4 members (excludes halogenated alkanes) is 10. The second-order valence-corrected chi connectivity index (χ2v) is 18.5. The lowest BCUT2D eigenvalue weighted by molar-refractivity contribution is 0.0720. The summed E-state index contributed by atoms with van der Waals surface area (Å²) in [5.41, 5.74) is 5.98. The maximum atomic E-state index is 15.3. The number of hydrogen-bond donors (Lipinski definition) is 0. The predicted molar refractivity (Wildman–Crippen MR) is 282 cm³/mol. The van der Waals surface area contributed by atoms with E-state index >= 15 is 8.78 Å². The zero-order chi connectivity index (χ0) is 51.5. The Balaban J connectivity index is 0.879. The van der Waals surface area contributed by atoms with Gasteiger partial charge in [-0.05, 0) is 120 Å². The monoisotopic (exact) mass is 1000 g/mol. The van der Waals surface area contributed by atoms with Gasteiger partial charge in [0.25, 0.3) is 0 Å². The molecule has 0 heterocycles. The summed E-state index contributed by atoms with van der Waals surface area (Å²) < 4.78 is 52.1. The number of ether oxygens (including phenoxy) is 4. The molecule has 0 saturated heterocycles. The van der Waals surface area contributed by atoms with Crippen LogP contribution in [0, 0.1) is 11.6 Å². The third-order valence-electron chi connectivity index (χ3n) is 12.5. The molecule has 7 rings (SSSR count). The highest BCUT2D eigenvalue weighted by atomic mass is 35.5. The Hall–Kier alpha value is -7.43. The number of hydrogen-bond acceptors (Lipinski definition) is 8. The lowest BCUT2D eigenvalue weighted by Gasteiger charge is -2.11. The molecule has 0 radical (unpaired) electrons. The van der Waals surface area contributed by atoms with Crippen LogP contribution in [0.3, 0.4) is 0 Å². The van der Waals surface area contributed by atoms with Crippen molar-refractivity contribution in [3.05, 3.63) is 202 Å². The van der Waals surface area contributed by atoms with Crippen molar-refractivity contribution < 1.29 is 46.9 Å². The van der Waals surface area contributed by atoms with E-state index in [9.17, 15) is 19.2 Å². The number of carbonyl (C=O) groups excluding carboxylic acids is 4. The van der Waals surface area contributed by atoms with Gasteiger partial charge < -0.3 is 18.9 Å². The van der Waals surface area contributed by atoms with Crippen molar-refractivity contribution in [3.8, 4) is 45.3 Å². The van der Waals surface area contributed by atoms with Crippen molar-refractivity contribution in [2.75, 3.05) is 0 Å². The summed E-state index contributed by atoms with van der Waals surface area (Å²) in [5, 5.41) is -0.0203. The molecule has 0 unspecified atom stereocenters. The highest BCUT2D eigenvalue weighted by Crippen LogP contribution is 2.30. The molecule has 0 aliphatic heterocycles. The normalized spacial score (nSPS) is 11.0. The minimum absolute atomic E-state index is 0.0203. The van der Waals surface area contributed by atoms with Gasteiger partial charge in [-0.15, -0.1) is 0 Å². The van der Waals surface area contributed by atoms with Crippen LogP contribution in [0.4, 0.5) is 8.78 Å². The minimum atomic E-state index is -1.13. The van der Waals surface area contributed by atoms with Crippen molar-refractivity contribution in [3.63, 3.8) is 0 Å². The van der Waals surface area contributed by atoms with Crippen LogP contribution < -0.4 is 18.9 Å². The molecule has 0 saturated carbocycles. The fourth-order valence-electron chi connectivity index (χ4n) is 8.30. The molecule has 11 heteroatoms.